The minimum absolute atomic E-state index is 0.251. The number of nitrogen functional groups attached to an aromatic ring is 1. The summed E-state index contributed by atoms with van der Waals surface area (Å²) in [6, 6.07) is 2.94. The molecule has 0 spiro atoms. The maximum Gasteiger partial charge on any atom is 0.167 e. The van der Waals surface area contributed by atoms with E-state index in [4.69, 9.17) is 15.2 Å². The van der Waals surface area contributed by atoms with Gasteiger partial charge in [0.15, 0.2) is 11.6 Å². The molecule has 112 valence electrons. The molecule has 20 heavy (non-hydrogen) atoms. The number of nitrogens with two attached hydrogens (primary N) is 1. The van der Waals surface area contributed by atoms with Crippen LogP contribution >= 0.6 is 0 Å². The third kappa shape index (κ3) is 4.00. The van der Waals surface area contributed by atoms with Crippen LogP contribution in [0.5, 0.6) is 5.75 Å². The highest BCUT2D eigenvalue weighted by molar-refractivity contribution is 5.68. The monoisotopic (exact) mass is 282 g/mol. The van der Waals surface area contributed by atoms with E-state index in [1.165, 1.54) is 6.07 Å². The summed E-state index contributed by atoms with van der Waals surface area (Å²) in [6.07, 6.45) is 4.36. The molecule has 1 heterocycles. The quantitative estimate of drug-likeness (QED) is 0.754. The highest BCUT2D eigenvalue weighted by Gasteiger charge is 2.15. The zero-order valence-corrected chi connectivity index (χ0v) is 12.0. The van der Waals surface area contributed by atoms with E-state index >= 15 is 0 Å². The molecule has 1 unspecified atom stereocenters. The second-order valence-corrected chi connectivity index (χ2v) is 5.07. The summed E-state index contributed by atoms with van der Waals surface area (Å²) in [5.41, 5.74) is 6.94. The number of nitrogens with one attached hydrogen (secondary N) is 1. The first-order valence-electron chi connectivity index (χ1n) is 7.28. The molecule has 1 aromatic carbocycles. The van der Waals surface area contributed by atoms with Crippen LogP contribution in [0, 0.1) is 5.82 Å². The van der Waals surface area contributed by atoms with Gasteiger partial charge in [-0.3, -0.25) is 0 Å². The van der Waals surface area contributed by atoms with Crippen molar-refractivity contribution in [3.8, 4) is 5.75 Å². The Morgan fingerprint density at radius 2 is 2.35 bits per heavy atom. The van der Waals surface area contributed by atoms with Gasteiger partial charge < -0.3 is 20.5 Å². The van der Waals surface area contributed by atoms with Crippen LogP contribution < -0.4 is 15.8 Å². The number of ether oxygens (including phenoxy) is 2. The van der Waals surface area contributed by atoms with Gasteiger partial charge in [0.2, 0.25) is 0 Å². The Morgan fingerprint density at radius 3 is 3.05 bits per heavy atom. The van der Waals surface area contributed by atoms with Crippen molar-refractivity contribution < 1.29 is 13.9 Å². The molecule has 4 nitrogen and oxygen atoms in total. The second-order valence-electron chi connectivity index (χ2n) is 5.07. The zero-order valence-electron chi connectivity index (χ0n) is 12.0. The van der Waals surface area contributed by atoms with Crippen LogP contribution in [-0.2, 0) is 4.74 Å². The first-order chi connectivity index (χ1) is 9.70. The molecule has 1 saturated heterocycles. The van der Waals surface area contributed by atoms with E-state index in [9.17, 15) is 4.39 Å². The van der Waals surface area contributed by atoms with Gasteiger partial charge >= 0.3 is 0 Å². The van der Waals surface area contributed by atoms with Crippen molar-refractivity contribution in [2.24, 2.45) is 0 Å². The van der Waals surface area contributed by atoms with Crippen molar-refractivity contribution >= 4 is 11.4 Å². The molecule has 2 rings (SSSR count). The predicted molar refractivity (Wildman–Crippen MR) is 78.7 cm³/mol. The number of halogens is 1. The molecule has 0 aromatic heterocycles. The van der Waals surface area contributed by atoms with Crippen molar-refractivity contribution in [1.29, 1.82) is 0 Å². The summed E-state index contributed by atoms with van der Waals surface area (Å²) in [5.74, 6) is -0.165. The topological polar surface area (TPSA) is 56.5 Å². The molecule has 1 aromatic rings. The average molecular weight is 282 g/mol. The number of benzene rings is 1. The van der Waals surface area contributed by atoms with Crippen molar-refractivity contribution in [1.82, 2.24) is 0 Å². The molecule has 1 aliphatic heterocycles. The van der Waals surface area contributed by atoms with Gasteiger partial charge in [0.1, 0.15) is 0 Å². The van der Waals surface area contributed by atoms with Crippen LogP contribution in [0.2, 0.25) is 0 Å². The van der Waals surface area contributed by atoms with Gasteiger partial charge in [0, 0.05) is 25.3 Å². The van der Waals surface area contributed by atoms with E-state index in [1.54, 1.807) is 6.07 Å². The van der Waals surface area contributed by atoms with Crippen molar-refractivity contribution in [2.45, 2.75) is 38.7 Å². The van der Waals surface area contributed by atoms with Crippen LogP contribution in [-0.4, -0.2) is 25.9 Å². The maximum absolute atomic E-state index is 13.7. The van der Waals surface area contributed by atoms with Gasteiger partial charge in [-0.05, 0) is 25.7 Å². The number of rotatable bonds is 7. The number of anilines is 2. The van der Waals surface area contributed by atoms with E-state index in [1.807, 2.05) is 6.92 Å². The summed E-state index contributed by atoms with van der Waals surface area (Å²) in [4.78, 5) is 0. The molecule has 0 aliphatic carbocycles. The van der Waals surface area contributed by atoms with Crippen LogP contribution in [0.1, 0.15) is 32.6 Å². The highest BCUT2D eigenvalue weighted by atomic mass is 19.1. The third-order valence-corrected chi connectivity index (χ3v) is 3.37. The SMILES string of the molecule is CCCOc1cc(NCCC2CCCO2)c(N)cc1F. The van der Waals surface area contributed by atoms with E-state index in [0.717, 1.165) is 44.5 Å². The third-order valence-electron chi connectivity index (χ3n) is 3.37. The van der Waals surface area contributed by atoms with Crippen molar-refractivity contribution in [2.75, 3.05) is 30.8 Å². The second kappa shape index (κ2) is 7.33. The summed E-state index contributed by atoms with van der Waals surface area (Å²) in [6.45, 7) is 4.10. The van der Waals surface area contributed by atoms with E-state index < -0.39 is 5.82 Å². The molecule has 0 bridgehead atoms. The van der Waals surface area contributed by atoms with Gasteiger partial charge in [0.05, 0.1) is 24.1 Å². The lowest BCUT2D eigenvalue weighted by Gasteiger charge is -2.14. The van der Waals surface area contributed by atoms with Gasteiger partial charge in [0.25, 0.3) is 0 Å². The Kier molecular flexibility index (Phi) is 5.47. The Labute approximate surface area is 119 Å². The average Bonchev–Trinajstić information content (AvgIpc) is 2.93. The first kappa shape index (κ1) is 14.9. The van der Waals surface area contributed by atoms with E-state index in [2.05, 4.69) is 5.32 Å². The minimum atomic E-state index is -0.416. The molecule has 3 N–H and O–H groups in total. The highest BCUT2D eigenvalue weighted by Crippen LogP contribution is 2.28. The minimum Gasteiger partial charge on any atom is -0.490 e. The summed E-state index contributed by atoms with van der Waals surface area (Å²) >= 11 is 0. The lowest BCUT2D eigenvalue weighted by atomic mass is 10.2. The number of hydrogen-bond donors (Lipinski definition) is 2. The first-order valence-corrected chi connectivity index (χ1v) is 7.28. The van der Waals surface area contributed by atoms with Gasteiger partial charge in [-0.1, -0.05) is 6.92 Å². The molecule has 0 saturated carbocycles. The van der Waals surface area contributed by atoms with Gasteiger partial charge in [-0.25, -0.2) is 4.39 Å². The van der Waals surface area contributed by atoms with Crippen LogP contribution in [0.15, 0.2) is 12.1 Å². The van der Waals surface area contributed by atoms with Crippen molar-refractivity contribution in [3.05, 3.63) is 17.9 Å². The molecular weight excluding hydrogens is 259 g/mol. The Bertz CT molecular complexity index is 434. The fourth-order valence-corrected chi connectivity index (χ4v) is 2.28. The van der Waals surface area contributed by atoms with Crippen LogP contribution in [0.25, 0.3) is 0 Å². The maximum atomic E-state index is 13.7. The molecular formula is C15H23FN2O2. The van der Waals surface area contributed by atoms with E-state index in [0.29, 0.717) is 18.4 Å². The number of hydrogen-bond acceptors (Lipinski definition) is 4. The van der Waals surface area contributed by atoms with Gasteiger partial charge in [-0.2, -0.15) is 0 Å². The molecule has 0 radical (unpaired) electrons. The van der Waals surface area contributed by atoms with Crippen molar-refractivity contribution in [3.63, 3.8) is 0 Å². The molecule has 1 atom stereocenters. The standard InChI is InChI=1S/C15H23FN2O2/c1-2-7-20-15-10-14(13(17)9-12(15)16)18-6-5-11-4-3-8-19-11/h9-11,18H,2-8,17H2,1H3. The Morgan fingerprint density at radius 1 is 1.50 bits per heavy atom. The normalized spacial score (nSPS) is 18.2. The summed E-state index contributed by atoms with van der Waals surface area (Å²) in [7, 11) is 0. The Hall–Kier alpha value is -1.49. The molecule has 1 fully saturated rings. The fourth-order valence-electron chi connectivity index (χ4n) is 2.28. The molecule has 1 aliphatic rings. The van der Waals surface area contributed by atoms with Crippen LogP contribution in [0.3, 0.4) is 0 Å². The smallest absolute Gasteiger partial charge is 0.167 e. The van der Waals surface area contributed by atoms with Gasteiger partial charge in [-0.15, -0.1) is 0 Å². The summed E-state index contributed by atoms with van der Waals surface area (Å²) < 4.78 is 24.6. The van der Waals surface area contributed by atoms with E-state index in [-0.39, 0.29) is 5.75 Å². The zero-order chi connectivity index (χ0) is 14.4. The predicted octanol–water partition coefficient (Wildman–Crippen LogP) is 3.18. The largest absolute Gasteiger partial charge is 0.490 e. The Balaban J connectivity index is 1.91. The lowest BCUT2D eigenvalue weighted by molar-refractivity contribution is 0.107. The van der Waals surface area contributed by atoms with Crippen LogP contribution in [0.4, 0.5) is 15.8 Å². The lowest BCUT2D eigenvalue weighted by Crippen LogP contribution is -2.13. The molecule has 5 heteroatoms. The fraction of sp³-hybridized carbons (Fsp3) is 0.600. The summed E-state index contributed by atoms with van der Waals surface area (Å²) in [5, 5.41) is 3.23. The molecule has 0 amide bonds.